The first-order valence-corrected chi connectivity index (χ1v) is 10.6. The summed E-state index contributed by atoms with van der Waals surface area (Å²) >= 11 is 0. The Bertz CT molecular complexity index is 683. The van der Waals surface area contributed by atoms with Crippen molar-refractivity contribution in [1.29, 1.82) is 0 Å². The van der Waals surface area contributed by atoms with Gasteiger partial charge in [-0.05, 0) is 31.2 Å². The van der Waals surface area contributed by atoms with Gasteiger partial charge >= 0.3 is 5.97 Å². The Balaban J connectivity index is 1.91. The molecule has 160 valence electrons. The van der Waals surface area contributed by atoms with Crippen LogP contribution in [0.1, 0.15) is 58.4 Å². The van der Waals surface area contributed by atoms with Crippen LogP contribution >= 0.6 is 0 Å². The third-order valence-corrected chi connectivity index (χ3v) is 5.56. The van der Waals surface area contributed by atoms with Crippen LogP contribution in [0.4, 0.5) is 0 Å². The van der Waals surface area contributed by atoms with Crippen LogP contribution in [-0.4, -0.2) is 47.9 Å². The Kier molecular flexibility index (Phi) is 8.68. The number of hydrogen-bond donors (Lipinski definition) is 1. The van der Waals surface area contributed by atoms with Gasteiger partial charge < -0.3 is 15.0 Å². The molecule has 0 radical (unpaired) electrons. The fourth-order valence-electron chi connectivity index (χ4n) is 3.74. The molecule has 1 aliphatic carbocycles. The minimum Gasteiger partial charge on any atom is -0.451 e. The molecule has 0 spiro atoms. The summed E-state index contributed by atoms with van der Waals surface area (Å²) in [6.07, 6.45) is 4.76. The summed E-state index contributed by atoms with van der Waals surface area (Å²) < 4.78 is 5.45. The Morgan fingerprint density at radius 1 is 1.07 bits per heavy atom. The van der Waals surface area contributed by atoms with E-state index < -0.39 is 18.1 Å². The summed E-state index contributed by atoms with van der Waals surface area (Å²) in [5, 5.41) is 2.76. The maximum absolute atomic E-state index is 12.7. The van der Waals surface area contributed by atoms with E-state index in [1.165, 1.54) is 6.42 Å². The first-order valence-electron chi connectivity index (χ1n) is 10.6. The molecule has 1 N–H and O–H groups in total. The molecule has 0 aromatic heterocycles. The zero-order valence-corrected chi connectivity index (χ0v) is 18.0. The molecular formula is C23H34N2O4. The third kappa shape index (κ3) is 6.87. The summed E-state index contributed by atoms with van der Waals surface area (Å²) in [4.78, 5) is 39.5. The maximum atomic E-state index is 12.7. The Labute approximate surface area is 174 Å². The molecule has 29 heavy (non-hydrogen) atoms. The van der Waals surface area contributed by atoms with Crippen molar-refractivity contribution in [3.8, 4) is 0 Å². The van der Waals surface area contributed by atoms with Gasteiger partial charge in [0.1, 0.15) is 6.04 Å². The number of nitrogens with one attached hydrogen (secondary N) is 1. The number of ether oxygens (including phenoxy) is 1. The minimum absolute atomic E-state index is 0.152. The van der Waals surface area contributed by atoms with Crippen molar-refractivity contribution >= 4 is 17.8 Å². The lowest BCUT2D eigenvalue weighted by Crippen LogP contribution is -2.49. The summed E-state index contributed by atoms with van der Waals surface area (Å²) in [5.74, 6) is -1.16. The number of likely N-dealkylation sites (N-methyl/N-ethyl adjacent to an activating group) is 1. The fraction of sp³-hybridized carbons (Fsp3) is 0.609. The number of carbonyl (C=O) groups is 3. The molecule has 0 heterocycles. The van der Waals surface area contributed by atoms with E-state index in [4.69, 9.17) is 4.74 Å². The molecule has 2 rings (SSSR count). The molecule has 1 fully saturated rings. The second-order valence-electron chi connectivity index (χ2n) is 8.27. The summed E-state index contributed by atoms with van der Waals surface area (Å²) in [6, 6.07) is 8.78. The van der Waals surface area contributed by atoms with Gasteiger partial charge in [-0.2, -0.15) is 0 Å². The summed E-state index contributed by atoms with van der Waals surface area (Å²) in [6.45, 7) is 5.29. The number of amides is 2. The molecule has 0 aliphatic heterocycles. The Morgan fingerprint density at radius 3 is 2.28 bits per heavy atom. The van der Waals surface area contributed by atoms with Crippen molar-refractivity contribution in [3.05, 3.63) is 35.9 Å². The maximum Gasteiger partial charge on any atom is 0.329 e. The number of carbonyl (C=O) groups excluding carboxylic acids is 3. The third-order valence-electron chi connectivity index (χ3n) is 5.56. The van der Waals surface area contributed by atoms with Crippen molar-refractivity contribution in [2.75, 3.05) is 7.05 Å². The van der Waals surface area contributed by atoms with Gasteiger partial charge in [0.25, 0.3) is 5.91 Å². The SMILES string of the molecule is CC(C)[C@H](NC(=O)Cc1ccccc1)C(=O)O[C@@H](C)C(=O)N(C)C1CCCCC1. The number of benzene rings is 1. The largest absolute Gasteiger partial charge is 0.451 e. The van der Waals surface area contributed by atoms with Gasteiger partial charge in [0.2, 0.25) is 5.91 Å². The molecule has 0 unspecified atom stereocenters. The summed E-state index contributed by atoms with van der Waals surface area (Å²) in [7, 11) is 1.78. The van der Waals surface area contributed by atoms with Crippen molar-refractivity contribution in [2.45, 2.75) is 77.5 Å². The van der Waals surface area contributed by atoms with E-state index in [0.717, 1.165) is 31.2 Å². The zero-order valence-electron chi connectivity index (χ0n) is 18.0. The molecule has 0 bridgehead atoms. The topological polar surface area (TPSA) is 75.7 Å². The van der Waals surface area contributed by atoms with Crippen molar-refractivity contribution in [2.24, 2.45) is 5.92 Å². The smallest absolute Gasteiger partial charge is 0.329 e. The first kappa shape index (κ1) is 22.9. The summed E-state index contributed by atoms with van der Waals surface area (Å²) in [5.41, 5.74) is 0.874. The molecule has 2 atom stereocenters. The van der Waals surface area contributed by atoms with E-state index in [0.29, 0.717) is 0 Å². The van der Waals surface area contributed by atoms with E-state index in [9.17, 15) is 14.4 Å². The predicted molar refractivity (Wildman–Crippen MR) is 112 cm³/mol. The second-order valence-corrected chi connectivity index (χ2v) is 8.27. The van der Waals surface area contributed by atoms with Gasteiger partial charge in [-0.1, -0.05) is 63.4 Å². The molecule has 6 nitrogen and oxygen atoms in total. The second kappa shape index (κ2) is 11.0. The van der Waals surface area contributed by atoms with Gasteiger partial charge in [-0.15, -0.1) is 0 Å². The Hall–Kier alpha value is -2.37. The molecule has 1 saturated carbocycles. The number of rotatable bonds is 8. The molecule has 1 aromatic carbocycles. The van der Waals surface area contributed by atoms with E-state index in [2.05, 4.69) is 5.32 Å². The van der Waals surface area contributed by atoms with Gasteiger partial charge in [0.15, 0.2) is 6.10 Å². The number of esters is 1. The number of hydrogen-bond acceptors (Lipinski definition) is 4. The lowest BCUT2D eigenvalue weighted by atomic mass is 9.94. The molecule has 1 aromatic rings. The van der Waals surface area contributed by atoms with E-state index in [1.54, 1.807) is 18.9 Å². The highest BCUT2D eigenvalue weighted by Gasteiger charge is 2.31. The molecule has 2 amide bonds. The van der Waals surface area contributed by atoms with Gasteiger partial charge in [0.05, 0.1) is 6.42 Å². The van der Waals surface area contributed by atoms with Crippen LogP contribution < -0.4 is 5.32 Å². The lowest BCUT2D eigenvalue weighted by molar-refractivity contribution is -0.162. The highest BCUT2D eigenvalue weighted by Crippen LogP contribution is 2.22. The number of nitrogens with zero attached hydrogens (tertiary/aromatic N) is 1. The van der Waals surface area contributed by atoms with Crippen molar-refractivity contribution in [1.82, 2.24) is 10.2 Å². The average molecular weight is 403 g/mol. The average Bonchev–Trinajstić information content (AvgIpc) is 2.71. The first-order chi connectivity index (χ1) is 13.8. The van der Waals surface area contributed by atoms with Crippen LogP contribution in [-0.2, 0) is 25.5 Å². The van der Waals surface area contributed by atoms with Crippen molar-refractivity contribution < 1.29 is 19.1 Å². The fourth-order valence-corrected chi connectivity index (χ4v) is 3.74. The highest BCUT2D eigenvalue weighted by atomic mass is 16.5. The molecule has 6 heteroatoms. The zero-order chi connectivity index (χ0) is 21.4. The van der Waals surface area contributed by atoms with Gasteiger partial charge in [-0.3, -0.25) is 9.59 Å². The predicted octanol–water partition coefficient (Wildman–Crippen LogP) is 3.09. The molecular weight excluding hydrogens is 368 g/mol. The van der Waals surface area contributed by atoms with Crippen LogP contribution in [0, 0.1) is 5.92 Å². The molecule has 0 saturated heterocycles. The van der Waals surface area contributed by atoms with Crippen LogP contribution in [0.2, 0.25) is 0 Å². The highest BCUT2D eigenvalue weighted by molar-refractivity contribution is 5.88. The van der Waals surface area contributed by atoms with E-state index in [1.807, 2.05) is 44.2 Å². The van der Waals surface area contributed by atoms with E-state index >= 15 is 0 Å². The van der Waals surface area contributed by atoms with Gasteiger partial charge in [0, 0.05) is 13.1 Å². The van der Waals surface area contributed by atoms with Crippen LogP contribution in [0.25, 0.3) is 0 Å². The quantitative estimate of drug-likeness (QED) is 0.678. The van der Waals surface area contributed by atoms with Crippen LogP contribution in [0.5, 0.6) is 0 Å². The van der Waals surface area contributed by atoms with Crippen molar-refractivity contribution in [3.63, 3.8) is 0 Å². The standard InChI is InChI=1S/C23H34N2O4/c1-16(2)21(24-20(26)15-18-11-7-5-8-12-18)23(28)29-17(3)22(27)25(4)19-13-9-6-10-14-19/h5,7-8,11-12,16-17,19,21H,6,9-10,13-15H2,1-4H3,(H,24,26)/t17-,21-/m0/s1. The monoisotopic (exact) mass is 402 g/mol. The van der Waals surface area contributed by atoms with Gasteiger partial charge in [-0.25, -0.2) is 4.79 Å². The van der Waals surface area contributed by atoms with Crippen LogP contribution in [0.3, 0.4) is 0 Å². The minimum atomic E-state index is -0.873. The Morgan fingerprint density at radius 2 is 1.69 bits per heavy atom. The van der Waals surface area contributed by atoms with E-state index in [-0.39, 0.29) is 30.2 Å². The normalized spacial score (nSPS) is 16.7. The van der Waals surface area contributed by atoms with Crippen LogP contribution in [0.15, 0.2) is 30.3 Å². The molecule has 1 aliphatic rings. The lowest BCUT2D eigenvalue weighted by Gasteiger charge is -2.33.